The lowest BCUT2D eigenvalue weighted by atomic mass is 9.97. The van der Waals surface area contributed by atoms with Crippen LogP contribution in [0.15, 0.2) is 72.8 Å². The largest absolute Gasteiger partial charge is 0.508 e. The first-order chi connectivity index (χ1) is 13.0. The number of carbonyl (C=O) groups is 1. The van der Waals surface area contributed by atoms with E-state index in [0.29, 0.717) is 12.0 Å². The van der Waals surface area contributed by atoms with Crippen molar-refractivity contribution in [3.63, 3.8) is 0 Å². The second-order valence-electron chi connectivity index (χ2n) is 6.51. The maximum Gasteiger partial charge on any atom is 0.165 e. The summed E-state index contributed by atoms with van der Waals surface area (Å²) >= 11 is 0. The number of ether oxygens (including phenoxy) is 1. The molecule has 0 aliphatic heterocycles. The number of phenolic OH excluding ortho intramolecular Hbond substituents is 1. The van der Waals surface area contributed by atoms with Gasteiger partial charge in [-0.1, -0.05) is 29.8 Å². The van der Waals surface area contributed by atoms with Gasteiger partial charge in [0, 0.05) is 17.7 Å². The van der Waals surface area contributed by atoms with E-state index in [0.717, 1.165) is 17.0 Å². The molecular weight excluding hydrogens is 338 g/mol. The summed E-state index contributed by atoms with van der Waals surface area (Å²) in [7, 11) is 1.63. The summed E-state index contributed by atoms with van der Waals surface area (Å²) in [5.74, 6) is 0.951. The lowest BCUT2D eigenvalue weighted by molar-refractivity contribution is 0.0976. The van der Waals surface area contributed by atoms with Gasteiger partial charge in [0.15, 0.2) is 5.78 Å². The molecule has 0 saturated carbocycles. The van der Waals surface area contributed by atoms with Gasteiger partial charge in [0.2, 0.25) is 0 Å². The number of carbonyl (C=O) groups excluding carboxylic acids is 1. The molecule has 0 radical (unpaired) electrons. The standard InChI is InChI=1S/C23H23NO3/c1-16-3-5-17(6-4-16)22(24-19-9-13-21(27-2)14-10-19)15-23(26)18-7-11-20(25)12-8-18/h3-14,22,24-25H,15H2,1-2H3. The quantitative estimate of drug-likeness (QED) is 0.572. The van der Waals surface area contributed by atoms with Crippen LogP contribution in [-0.2, 0) is 0 Å². The smallest absolute Gasteiger partial charge is 0.165 e. The first-order valence-electron chi connectivity index (χ1n) is 8.84. The number of hydrogen-bond donors (Lipinski definition) is 2. The van der Waals surface area contributed by atoms with Crippen LogP contribution in [0, 0.1) is 6.92 Å². The lowest BCUT2D eigenvalue weighted by Gasteiger charge is -2.20. The molecule has 0 spiro atoms. The molecule has 0 saturated heterocycles. The van der Waals surface area contributed by atoms with Crippen LogP contribution >= 0.6 is 0 Å². The number of rotatable bonds is 7. The zero-order chi connectivity index (χ0) is 19.2. The van der Waals surface area contributed by atoms with E-state index in [1.54, 1.807) is 19.2 Å². The molecule has 3 aromatic carbocycles. The van der Waals surface area contributed by atoms with Crippen LogP contribution in [0.5, 0.6) is 11.5 Å². The number of aromatic hydroxyl groups is 1. The number of phenols is 1. The highest BCUT2D eigenvalue weighted by Crippen LogP contribution is 2.26. The van der Waals surface area contributed by atoms with Gasteiger partial charge in [-0.15, -0.1) is 0 Å². The molecule has 138 valence electrons. The summed E-state index contributed by atoms with van der Waals surface area (Å²) in [6.07, 6.45) is 0.305. The molecule has 0 aliphatic rings. The van der Waals surface area contributed by atoms with Crippen molar-refractivity contribution in [2.45, 2.75) is 19.4 Å². The summed E-state index contributed by atoms with van der Waals surface area (Å²) in [6.45, 7) is 2.04. The normalized spacial score (nSPS) is 11.6. The average Bonchev–Trinajstić information content (AvgIpc) is 2.69. The van der Waals surface area contributed by atoms with E-state index in [1.807, 2.05) is 55.5 Å². The van der Waals surface area contributed by atoms with Gasteiger partial charge >= 0.3 is 0 Å². The number of anilines is 1. The lowest BCUT2D eigenvalue weighted by Crippen LogP contribution is -2.16. The third kappa shape index (κ3) is 4.88. The summed E-state index contributed by atoms with van der Waals surface area (Å²) in [6, 6.07) is 22.0. The Labute approximate surface area is 159 Å². The highest BCUT2D eigenvalue weighted by Gasteiger charge is 2.17. The topological polar surface area (TPSA) is 58.6 Å². The minimum atomic E-state index is -0.166. The Morgan fingerprint density at radius 3 is 2.19 bits per heavy atom. The molecule has 4 heteroatoms. The number of ketones is 1. The third-order valence-corrected chi connectivity index (χ3v) is 4.49. The van der Waals surface area contributed by atoms with E-state index in [2.05, 4.69) is 5.32 Å². The molecule has 0 amide bonds. The van der Waals surface area contributed by atoms with Crippen molar-refractivity contribution in [3.8, 4) is 11.5 Å². The van der Waals surface area contributed by atoms with Crippen LogP contribution in [0.3, 0.4) is 0 Å². The van der Waals surface area contributed by atoms with Crippen molar-refractivity contribution in [1.29, 1.82) is 0 Å². The van der Waals surface area contributed by atoms with E-state index >= 15 is 0 Å². The van der Waals surface area contributed by atoms with E-state index in [9.17, 15) is 9.90 Å². The van der Waals surface area contributed by atoms with Crippen molar-refractivity contribution in [3.05, 3.63) is 89.5 Å². The molecule has 0 fully saturated rings. The SMILES string of the molecule is COc1ccc(NC(CC(=O)c2ccc(O)cc2)c2ccc(C)cc2)cc1. The molecule has 27 heavy (non-hydrogen) atoms. The first-order valence-corrected chi connectivity index (χ1v) is 8.84. The van der Waals surface area contributed by atoms with Crippen molar-refractivity contribution >= 4 is 11.5 Å². The Balaban J connectivity index is 1.83. The van der Waals surface area contributed by atoms with Crippen LogP contribution < -0.4 is 10.1 Å². The minimum absolute atomic E-state index is 0.0154. The number of hydrogen-bond acceptors (Lipinski definition) is 4. The van der Waals surface area contributed by atoms with Crippen molar-refractivity contribution in [2.24, 2.45) is 0 Å². The van der Waals surface area contributed by atoms with Crippen LogP contribution in [-0.4, -0.2) is 18.0 Å². The van der Waals surface area contributed by atoms with E-state index in [1.165, 1.54) is 17.7 Å². The highest BCUT2D eigenvalue weighted by atomic mass is 16.5. The summed E-state index contributed by atoms with van der Waals surface area (Å²) in [5.41, 5.74) is 3.72. The molecular formula is C23H23NO3. The van der Waals surface area contributed by atoms with Crippen LogP contribution in [0.4, 0.5) is 5.69 Å². The van der Waals surface area contributed by atoms with E-state index < -0.39 is 0 Å². The first kappa shape index (κ1) is 18.5. The molecule has 3 aromatic rings. The Hall–Kier alpha value is -3.27. The van der Waals surface area contributed by atoms with Gasteiger partial charge in [0.1, 0.15) is 11.5 Å². The van der Waals surface area contributed by atoms with Crippen LogP contribution in [0.25, 0.3) is 0 Å². The minimum Gasteiger partial charge on any atom is -0.508 e. The van der Waals surface area contributed by atoms with Gasteiger partial charge in [0.25, 0.3) is 0 Å². The maximum absolute atomic E-state index is 12.8. The zero-order valence-electron chi connectivity index (χ0n) is 15.5. The molecule has 2 N–H and O–H groups in total. The molecule has 0 aliphatic carbocycles. The van der Waals surface area contributed by atoms with Gasteiger partial charge in [0.05, 0.1) is 13.2 Å². The van der Waals surface area contributed by atoms with Crippen molar-refractivity contribution in [1.82, 2.24) is 0 Å². The van der Waals surface area contributed by atoms with Gasteiger partial charge in [-0.2, -0.15) is 0 Å². The van der Waals surface area contributed by atoms with E-state index in [-0.39, 0.29) is 17.6 Å². The Morgan fingerprint density at radius 1 is 0.963 bits per heavy atom. The summed E-state index contributed by atoms with van der Waals surface area (Å²) < 4.78 is 5.20. The van der Waals surface area contributed by atoms with Gasteiger partial charge in [-0.25, -0.2) is 0 Å². The number of benzene rings is 3. The fraction of sp³-hybridized carbons (Fsp3) is 0.174. The Bertz CT molecular complexity index is 884. The molecule has 0 aromatic heterocycles. The number of aryl methyl sites for hydroxylation is 1. The highest BCUT2D eigenvalue weighted by molar-refractivity contribution is 5.96. The molecule has 1 unspecified atom stereocenters. The van der Waals surface area contributed by atoms with Crippen molar-refractivity contribution < 1.29 is 14.6 Å². The van der Waals surface area contributed by atoms with E-state index in [4.69, 9.17) is 4.74 Å². The Morgan fingerprint density at radius 2 is 1.59 bits per heavy atom. The number of methoxy groups -OCH3 is 1. The fourth-order valence-corrected chi connectivity index (χ4v) is 2.89. The molecule has 0 bridgehead atoms. The molecule has 4 nitrogen and oxygen atoms in total. The second-order valence-corrected chi connectivity index (χ2v) is 6.51. The fourth-order valence-electron chi connectivity index (χ4n) is 2.89. The van der Waals surface area contributed by atoms with Crippen molar-refractivity contribution in [2.75, 3.05) is 12.4 Å². The van der Waals surface area contributed by atoms with Gasteiger partial charge in [-0.3, -0.25) is 4.79 Å². The number of Topliss-reactive ketones (excluding diaryl/α,β-unsaturated/α-hetero) is 1. The molecule has 3 rings (SSSR count). The maximum atomic E-state index is 12.8. The second kappa shape index (κ2) is 8.41. The Kier molecular flexibility index (Phi) is 5.77. The molecule has 0 heterocycles. The third-order valence-electron chi connectivity index (χ3n) is 4.49. The van der Waals surface area contributed by atoms with Gasteiger partial charge in [-0.05, 0) is 61.0 Å². The summed E-state index contributed by atoms with van der Waals surface area (Å²) in [4.78, 5) is 12.8. The monoisotopic (exact) mass is 361 g/mol. The zero-order valence-corrected chi connectivity index (χ0v) is 15.5. The van der Waals surface area contributed by atoms with Crippen LogP contribution in [0.1, 0.15) is 33.9 Å². The summed E-state index contributed by atoms with van der Waals surface area (Å²) in [5, 5.41) is 12.9. The average molecular weight is 361 g/mol. The molecule has 1 atom stereocenters. The number of nitrogens with one attached hydrogen (secondary N) is 1. The van der Waals surface area contributed by atoms with Crippen LogP contribution in [0.2, 0.25) is 0 Å². The van der Waals surface area contributed by atoms with Gasteiger partial charge < -0.3 is 15.2 Å². The predicted octanol–water partition coefficient (Wildman–Crippen LogP) is 5.14. The predicted molar refractivity (Wildman–Crippen MR) is 108 cm³/mol.